The van der Waals surface area contributed by atoms with Gasteiger partial charge in [0.25, 0.3) is 0 Å². The van der Waals surface area contributed by atoms with Crippen LogP contribution in [0.3, 0.4) is 0 Å². The first-order valence-corrected chi connectivity index (χ1v) is 6.40. The van der Waals surface area contributed by atoms with Gasteiger partial charge < -0.3 is 5.32 Å². The summed E-state index contributed by atoms with van der Waals surface area (Å²) in [6, 6.07) is 6.85. The normalized spacial score (nSPS) is 13.7. The molecule has 1 N–H and O–H groups in total. The molecule has 17 heavy (non-hydrogen) atoms. The van der Waals surface area contributed by atoms with Gasteiger partial charge in [-0.15, -0.1) is 0 Å². The van der Waals surface area contributed by atoms with Crippen molar-refractivity contribution in [3.8, 4) is 0 Å². The summed E-state index contributed by atoms with van der Waals surface area (Å²) in [5, 5.41) is 3.53. The number of hydrogen-bond donors (Lipinski definition) is 1. The third-order valence-corrected chi connectivity index (χ3v) is 2.94. The van der Waals surface area contributed by atoms with Gasteiger partial charge in [0.05, 0.1) is 0 Å². The monoisotopic (exact) mass is 237 g/mol. The number of rotatable bonds is 5. The van der Waals surface area contributed by atoms with Crippen LogP contribution in [0.5, 0.6) is 0 Å². The lowest BCUT2D eigenvalue weighted by Gasteiger charge is -2.24. The second-order valence-corrected chi connectivity index (χ2v) is 5.74. The van der Waals surface area contributed by atoms with Gasteiger partial charge in [-0.2, -0.15) is 0 Å². The van der Waals surface area contributed by atoms with Crippen LogP contribution in [0.15, 0.2) is 24.3 Å². The minimum absolute atomic E-state index is 0.158. The molecule has 0 aliphatic carbocycles. The van der Waals surface area contributed by atoms with Crippen LogP contribution in [0.4, 0.5) is 4.39 Å². The Hall–Kier alpha value is -0.890. The van der Waals surface area contributed by atoms with Crippen LogP contribution in [0.25, 0.3) is 0 Å². The first-order valence-electron chi connectivity index (χ1n) is 6.40. The summed E-state index contributed by atoms with van der Waals surface area (Å²) < 4.78 is 12.8. The van der Waals surface area contributed by atoms with E-state index < -0.39 is 0 Å². The Morgan fingerprint density at radius 2 is 1.76 bits per heavy atom. The average molecular weight is 237 g/mol. The fourth-order valence-corrected chi connectivity index (χ4v) is 1.77. The van der Waals surface area contributed by atoms with Gasteiger partial charge in [-0.1, -0.05) is 25.5 Å². The van der Waals surface area contributed by atoms with Crippen LogP contribution in [0.2, 0.25) is 0 Å². The van der Waals surface area contributed by atoms with E-state index in [1.165, 1.54) is 5.56 Å². The molecule has 1 nitrogen and oxygen atoms in total. The summed E-state index contributed by atoms with van der Waals surface area (Å²) >= 11 is 0. The second kappa shape index (κ2) is 6.15. The van der Waals surface area contributed by atoms with Crippen molar-refractivity contribution in [1.29, 1.82) is 0 Å². The predicted octanol–water partition coefficient (Wildman–Crippen LogP) is 3.78. The van der Waals surface area contributed by atoms with Crippen LogP contribution >= 0.6 is 0 Å². The Kier molecular flexibility index (Phi) is 5.13. The molecule has 0 heterocycles. The van der Waals surface area contributed by atoms with Crippen LogP contribution in [0.1, 0.15) is 39.7 Å². The molecule has 0 spiro atoms. The Morgan fingerprint density at radius 1 is 1.18 bits per heavy atom. The van der Waals surface area contributed by atoms with Gasteiger partial charge in [0.2, 0.25) is 0 Å². The lowest BCUT2D eigenvalue weighted by molar-refractivity contribution is 0.363. The lowest BCUT2D eigenvalue weighted by Crippen LogP contribution is -2.39. The first-order chi connectivity index (χ1) is 7.90. The maximum Gasteiger partial charge on any atom is 0.123 e. The zero-order valence-corrected chi connectivity index (χ0v) is 11.4. The molecule has 0 saturated carbocycles. The van der Waals surface area contributed by atoms with E-state index in [2.05, 4.69) is 33.0 Å². The van der Waals surface area contributed by atoms with E-state index in [4.69, 9.17) is 0 Å². The second-order valence-electron chi connectivity index (χ2n) is 5.74. The van der Waals surface area contributed by atoms with Crippen molar-refractivity contribution >= 4 is 0 Å². The first kappa shape index (κ1) is 14.2. The zero-order chi connectivity index (χ0) is 12.9. The third kappa shape index (κ3) is 5.83. The Bertz CT molecular complexity index is 324. The summed E-state index contributed by atoms with van der Waals surface area (Å²) in [7, 11) is 0. The van der Waals surface area contributed by atoms with E-state index in [0.717, 1.165) is 19.4 Å². The molecule has 0 saturated heterocycles. The highest BCUT2D eigenvalue weighted by molar-refractivity contribution is 5.16. The summed E-state index contributed by atoms with van der Waals surface area (Å²) in [6.45, 7) is 9.75. The molecular weight excluding hydrogens is 213 g/mol. The molecule has 0 aliphatic rings. The van der Waals surface area contributed by atoms with Gasteiger partial charge in [0.1, 0.15) is 5.82 Å². The molecule has 1 unspecified atom stereocenters. The van der Waals surface area contributed by atoms with E-state index in [0.29, 0.717) is 5.92 Å². The predicted molar refractivity (Wildman–Crippen MR) is 71.6 cm³/mol. The van der Waals surface area contributed by atoms with Gasteiger partial charge >= 0.3 is 0 Å². The summed E-state index contributed by atoms with van der Waals surface area (Å²) in [6.07, 6.45) is 2.15. The van der Waals surface area contributed by atoms with Crippen LogP contribution in [-0.4, -0.2) is 12.1 Å². The molecule has 0 aromatic heterocycles. The largest absolute Gasteiger partial charge is 0.312 e. The SMILES string of the molecule is CCC(CNC(C)(C)C)Cc1ccc(F)cc1. The third-order valence-electron chi connectivity index (χ3n) is 2.94. The van der Waals surface area contributed by atoms with Crippen molar-refractivity contribution in [3.63, 3.8) is 0 Å². The van der Waals surface area contributed by atoms with Crippen molar-refractivity contribution in [2.45, 2.75) is 46.1 Å². The molecule has 1 atom stereocenters. The molecule has 0 radical (unpaired) electrons. The zero-order valence-electron chi connectivity index (χ0n) is 11.4. The lowest BCUT2D eigenvalue weighted by atomic mass is 9.95. The molecule has 0 amide bonds. The molecule has 0 bridgehead atoms. The van der Waals surface area contributed by atoms with Gasteiger partial charge in [-0.25, -0.2) is 4.39 Å². The smallest absolute Gasteiger partial charge is 0.123 e. The molecule has 0 aliphatic heterocycles. The Balaban J connectivity index is 2.49. The molecule has 0 fully saturated rings. The molecule has 1 aromatic rings. The van der Waals surface area contributed by atoms with Crippen molar-refractivity contribution in [2.75, 3.05) is 6.54 Å². The van der Waals surface area contributed by atoms with Gasteiger partial charge in [-0.3, -0.25) is 0 Å². The van der Waals surface area contributed by atoms with Gasteiger partial charge in [0.15, 0.2) is 0 Å². The van der Waals surface area contributed by atoms with E-state index >= 15 is 0 Å². The maximum atomic E-state index is 12.8. The topological polar surface area (TPSA) is 12.0 Å². The highest BCUT2D eigenvalue weighted by Crippen LogP contribution is 2.13. The quantitative estimate of drug-likeness (QED) is 0.821. The molecule has 1 aromatic carbocycles. The van der Waals surface area contributed by atoms with Gasteiger partial charge in [0, 0.05) is 5.54 Å². The molecule has 1 rings (SSSR count). The van der Waals surface area contributed by atoms with Crippen molar-refractivity contribution in [3.05, 3.63) is 35.6 Å². The maximum absolute atomic E-state index is 12.8. The minimum atomic E-state index is -0.158. The van der Waals surface area contributed by atoms with E-state index in [1.54, 1.807) is 12.1 Å². The summed E-state index contributed by atoms with van der Waals surface area (Å²) in [5.74, 6) is 0.453. The van der Waals surface area contributed by atoms with E-state index in [1.807, 2.05) is 12.1 Å². The average Bonchev–Trinajstić information content (AvgIpc) is 2.25. The number of halogens is 1. The Labute approximate surface area is 104 Å². The Morgan fingerprint density at radius 3 is 2.24 bits per heavy atom. The molecular formula is C15H24FN. The highest BCUT2D eigenvalue weighted by Gasteiger charge is 2.13. The molecule has 96 valence electrons. The van der Waals surface area contributed by atoms with Crippen LogP contribution < -0.4 is 5.32 Å². The van der Waals surface area contributed by atoms with Crippen molar-refractivity contribution in [1.82, 2.24) is 5.32 Å². The standard InChI is InChI=1S/C15H24FN/c1-5-12(11-17-15(2,3)4)10-13-6-8-14(16)9-7-13/h6-9,12,17H,5,10-11H2,1-4H3. The molecule has 2 heteroatoms. The highest BCUT2D eigenvalue weighted by atomic mass is 19.1. The number of nitrogens with one attached hydrogen (secondary N) is 1. The van der Waals surface area contributed by atoms with E-state index in [-0.39, 0.29) is 11.4 Å². The minimum Gasteiger partial charge on any atom is -0.312 e. The summed E-state index contributed by atoms with van der Waals surface area (Å²) in [5.41, 5.74) is 1.38. The summed E-state index contributed by atoms with van der Waals surface area (Å²) in [4.78, 5) is 0. The van der Waals surface area contributed by atoms with Crippen molar-refractivity contribution in [2.24, 2.45) is 5.92 Å². The fourth-order valence-electron chi connectivity index (χ4n) is 1.77. The van der Waals surface area contributed by atoms with Gasteiger partial charge in [-0.05, 0) is 57.4 Å². The van der Waals surface area contributed by atoms with Crippen LogP contribution in [-0.2, 0) is 6.42 Å². The number of benzene rings is 1. The number of hydrogen-bond acceptors (Lipinski definition) is 1. The van der Waals surface area contributed by atoms with Crippen molar-refractivity contribution < 1.29 is 4.39 Å². The van der Waals surface area contributed by atoms with E-state index in [9.17, 15) is 4.39 Å². The van der Waals surface area contributed by atoms with Crippen LogP contribution in [0, 0.1) is 11.7 Å². The fraction of sp³-hybridized carbons (Fsp3) is 0.600.